The minimum Gasteiger partial charge on any atom is -0.364 e. The van der Waals surface area contributed by atoms with Gasteiger partial charge in [0.1, 0.15) is 12.0 Å². The maximum Gasteiger partial charge on any atom is 0.220 e. The predicted molar refractivity (Wildman–Crippen MR) is 98.0 cm³/mol. The molecule has 4 heteroatoms. The molecule has 0 atom stereocenters. The number of aromatic nitrogens is 1. The van der Waals surface area contributed by atoms with Crippen LogP contribution in [0.3, 0.4) is 0 Å². The van der Waals surface area contributed by atoms with E-state index in [0.29, 0.717) is 19.4 Å². The maximum atomic E-state index is 12.1. The third-order valence-corrected chi connectivity index (χ3v) is 4.17. The minimum atomic E-state index is 0.0250. The van der Waals surface area contributed by atoms with Gasteiger partial charge in [-0.15, -0.1) is 0 Å². The van der Waals surface area contributed by atoms with E-state index in [1.807, 2.05) is 56.3 Å². The van der Waals surface area contributed by atoms with Crippen molar-refractivity contribution >= 4 is 5.91 Å². The molecule has 0 radical (unpaired) electrons. The van der Waals surface area contributed by atoms with Crippen LogP contribution in [0.15, 0.2) is 59.3 Å². The molecule has 0 bridgehead atoms. The third kappa shape index (κ3) is 4.57. The van der Waals surface area contributed by atoms with Gasteiger partial charge in [0.05, 0.1) is 0 Å². The molecule has 0 aliphatic rings. The smallest absolute Gasteiger partial charge is 0.220 e. The molecule has 0 aliphatic heterocycles. The van der Waals surface area contributed by atoms with E-state index in [1.54, 1.807) is 6.26 Å². The molecule has 0 unspecified atom stereocenters. The van der Waals surface area contributed by atoms with E-state index in [-0.39, 0.29) is 5.91 Å². The van der Waals surface area contributed by atoms with Crippen LogP contribution in [0.2, 0.25) is 0 Å². The molecule has 0 spiro atoms. The molecule has 0 saturated heterocycles. The number of rotatable bonds is 6. The van der Waals surface area contributed by atoms with Crippen LogP contribution in [-0.2, 0) is 17.8 Å². The number of aryl methyl sites for hydroxylation is 3. The fraction of sp³-hybridized carbons (Fsp3) is 0.238. The molecular formula is C21H22N2O2. The van der Waals surface area contributed by atoms with E-state index < -0.39 is 0 Å². The summed E-state index contributed by atoms with van der Waals surface area (Å²) < 4.78 is 5.13. The quantitative estimate of drug-likeness (QED) is 0.735. The highest BCUT2D eigenvalue weighted by Crippen LogP contribution is 2.24. The zero-order chi connectivity index (χ0) is 17.6. The van der Waals surface area contributed by atoms with Gasteiger partial charge in [-0.05, 0) is 31.9 Å². The molecule has 1 heterocycles. The summed E-state index contributed by atoms with van der Waals surface area (Å²) in [6.07, 6.45) is 2.64. The number of hydrogen-bond acceptors (Lipinski definition) is 3. The highest BCUT2D eigenvalue weighted by atomic mass is 16.5. The van der Waals surface area contributed by atoms with E-state index in [2.05, 4.69) is 16.5 Å². The molecule has 1 amide bonds. The van der Waals surface area contributed by atoms with Crippen LogP contribution in [-0.4, -0.2) is 11.1 Å². The van der Waals surface area contributed by atoms with E-state index in [9.17, 15) is 4.79 Å². The Bertz CT molecular complexity index is 850. The first kappa shape index (κ1) is 17.0. The Balaban J connectivity index is 1.56. The Hall–Kier alpha value is -2.88. The summed E-state index contributed by atoms with van der Waals surface area (Å²) in [6, 6.07) is 16.3. The van der Waals surface area contributed by atoms with Crippen LogP contribution >= 0.6 is 0 Å². The molecule has 128 valence electrons. The van der Waals surface area contributed by atoms with Crippen molar-refractivity contribution in [1.82, 2.24) is 10.5 Å². The fourth-order valence-electron chi connectivity index (χ4n) is 2.71. The summed E-state index contributed by atoms with van der Waals surface area (Å²) >= 11 is 0. The lowest BCUT2D eigenvalue weighted by Crippen LogP contribution is -2.23. The topological polar surface area (TPSA) is 55.1 Å². The van der Waals surface area contributed by atoms with E-state index in [1.165, 1.54) is 11.1 Å². The molecular weight excluding hydrogens is 312 g/mol. The Morgan fingerprint density at radius 3 is 2.64 bits per heavy atom. The molecule has 1 aromatic heterocycles. The van der Waals surface area contributed by atoms with Crippen LogP contribution in [0.25, 0.3) is 11.3 Å². The SMILES string of the molecule is Cc1ccc(CNC(=O)CCc2conc2-c2cccc(C)c2)cc1. The number of nitrogens with zero attached hydrogens (tertiary/aromatic N) is 1. The summed E-state index contributed by atoms with van der Waals surface area (Å²) in [5.74, 6) is 0.0250. The van der Waals surface area contributed by atoms with Crippen LogP contribution in [0.1, 0.15) is 28.7 Å². The predicted octanol–water partition coefficient (Wildman–Crippen LogP) is 4.21. The van der Waals surface area contributed by atoms with Crippen molar-refractivity contribution in [2.24, 2.45) is 0 Å². The van der Waals surface area contributed by atoms with Gasteiger partial charge in [-0.3, -0.25) is 4.79 Å². The third-order valence-electron chi connectivity index (χ3n) is 4.17. The van der Waals surface area contributed by atoms with Gasteiger partial charge in [-0.25, -0.2) is 0 Å². The molecule has 4 nitrogen and oxygen atoms in total. The lowest BCUT2D eigenvalue weighted by molar-refractivity contribution is -0.121. The van der Waals surface area contributed by atoms with Gasteiger partial charge >= 0.3 is 0 Å². The van der Waals surface area contributed by atoms with Gasteiger partial charge < -0.3 is 9.84 Å². The first-order chi connectivity index (χ1) is 12.1. The normalized spacial score (nSPS) is 10.6. The van der Waals surface area contributed by atoms with Gasteiger partial charge in [-0.1, -0.05) is 58.7 Å². The number of amides is 1. The van der Waals surface area contributed by atoms with Crippen molar-refractivity contribution in [3.63, 3.8) is 0 Å². The number of carbonyl (C=O) groups is 1. The van der Waals surface area contributed by atoms with E-state index >= 15 is 0 Å². The molecule has 25 heavy (non-hydrogen) atoms. The van der Waals surface area contributed by atoms with Crippen molar-refractivity contribution in [3.8, 4) is 11.3 Å². The highest BCUT2D eigenvalue weighted by molar-refractivity contribution is 5.76. The van der Waals surface area contributed by atoms with Crippen molar-refractivity contribution in [2.75, 3.05) is 0 Å². The molecule has 3 aromatic rings. The molecule has 1 N–H and O–H groups in total. The van der Waals surface area contributed by atoms with Crippen molar-refractivity contribution in [2.45, 2.75) is 33.2 Å². The average molecular weight is 334 g/mol. The minimum absolute atomic E-state index is 0.0250. The zero-order valence-corrected chi connectivity index (χ0v) is 14.6. The van der Waals surface area contributed by atoms with Crippen LogP contribution in [0.4, 0.5) is 0 Å². The largest absolute Gasteiger partial charge is 0.364 e. The van der Waals surface area contributed by atoms with Crippen molar-refractivity contribution in [3.05, 3.63) is 77.0 Å². The van der Waals surface area contributed by atoms with Gasteiger partial charge in [0.15, 0.2) is 0 Å². The Morgan fingerprint density at radius 2 is 1.88 bits per heavy atom. The summed E-state index contributed by atoms with van der Waals surface area (Å²) in [7, 11) is 0. The Kier molecular flexibility index (Phi) is 5.29. The Labute approximate surface area is 147 Å². The monoisotopic (exact) mass is 334 g/mol. The average Bonchev–Trinajstić information content (AvgIpc) is 3.08. The number of nitrogens with one attached hydrogen (secondary N) is 1. The molecule has 0 saturated carbocycles. The summed E-state index contributed by atoms with van der Waals surface area (Å²) in [5, 5.41) is 7.06. The van der Waals surface area contributed by atoms with E-state index in [0.717, 1.165) is 22.4 Å². The van der Waals surface area contributed by atoms with Gasteiger partial charge in [0.2, 0.25) is 5.91 Å². The second kappa shape index (κ2) is 7.79. The van der Waals surface area contributed by atoms with Crippen molar-refractivity contribution < 1.29 is 9.32 Å². The summed E-state index contributed by atoms with van der Waals surface area (Å²) in [5.41, 5.74) is 6.27. The van der Waals surface area contributed by atoms with Crippen LogP contribution < -0.4 is 5.32 Å². The number of carbonyl (C=O) groups excluding carboxylic acids is 1. The summed E-state index contributed by atoms with van der Waals surface area (Å²) in [4.78, 5) is 12.1. The molecule has 0 fully saturated rings. The second-order valence-corrected chi connectivity index (χ2v) is 6.32. The fourth-order valence-corrected chi connectivity index (χ4v) is 2.71. The van der Waals surface area contributed by atoms with E-state index in [4.69, 9.17) is 4.52 Å². The molecule has 3 rings (SSSR count). The summed E-state index contributed by atoms with van der Waals surface area (Å²) in [6.45, 7) is 4.64. The lowest BCUT2D eigenvalue weighted by Gasteiger charge is -2.06. The van der Waals surface area contributed by atoms with Crippen LogP contribution in [0.5, 0.6) is 0 Å². The molecule has 0 aliphatic carbocycles. The lowest BCUT2D eigenvalue weighted by atomic mass is 10.0. The van der Waals surface area contributed by atoms with Crippen molar-refractivity contribution in [1.29, 1.82) is 0 Å². The first-order valence-electron chi connectivity index (χ1n) is 8.44. The van der Waals surface area contributed by atoms with Gasteiger partial charge in [0, 0.05) is 24.1 Å². The molecule has 2 aromatic carbocycles. The van der Waals surface area contributed by atoms with Gasteiger partial charge in [-0.2, -0.15) is 0 Å². The Morgan fingerprint density at radius 1 is 1.08 bits per heavy atom. The maximum absolute atomic E-state index is 12.1. The zero-order valence-electron chi connectivity index (χ0n) is 14.6. The second-order valence-electron chi connectivity index (χ2n) is 6.32. The number of benzene rings is 2. The van der Waals surface area contributed by atoms with Gasteiger partial charge in [0.25, 0.3) is 0 Å². The van der Waals surface area contributed by atoms with Crippen LogP contribution in [0, 0.1) is 13.8 Å². The highest BCUT2D eigenvalue weighted by Gasteiger charge is 2.12. The first-order valence-corrected chi connectivity index (χ1v) is 8.44. The standard InChI is InChI=1S/C21H22N2O2/c1-15-6-8-17(9-7-15)13-22-20(24)11-10-19-14-25-23-21(19)18-5-3-4-16(2)12-18/h3-9,12,14H,10-11,13H2,1-2H3,(H,22,24). The number of hydrogen-bond donors (Lipinski definition) is 1.